The summed E-state index contributed by atoms with van der Waals surface area (Å²) in [4.78, 5) is 0. The third-order valence-corrected chi connectivity index (χ3v) is 3.05. The maximum atomic E-state index is 6.01. The minimum Gasteiger partial charge on any atom is -0.370 e. The van der Waals surface area contributed by atoms with E-state index in [1.54, 1.807) is 0 Å². The Morgan fingerprint density at radius 3 is 2.77 bits per heavy atom. The predicted molar refractivity (Wildman–Crippen MR) is 54.2 cm³/mol. The van der Waals surface area contributed by atoms with Gasteiger partial charge in [0.2, 0.25) is 0 Å². The summed E-state index contributed by atoms with van der Waals surface area (Å²) in [5.41, 5.74) is 2.49. The van der Waals surface area contributed by atoms with Gasteiger partial charge in [-0.2, -0.15) is 0 Å². The second-order valence-electron chi connectivity index (χ2n) is 3.61. The van der Waals surface area contributed by atoms with E-state index in [-0.39, 0.29) is 0 Å². The van der Waals surface area contributed by atoms with Crippen LogP contribution in [0.15, 0.2) is 18.2 Å². The van der Waals surface area contributed by atoms with E-state index in [9.17, 15) is 0 Å². The summed E-state index contributed by atoms with van der Waals surface area (Å²) in [6, 6.07) is 6.05. The zero-order chi connectivity index (χ0) is 9.42. The molecule has 0 radical (unpaired) electrons. The molecule has 0 amide bonds. The first-order chi connectivity index (χ1) is 6.18. The summed E-state index contributed by atoms with van der Waals surface area (Å²) in [5.74, 6) is 0. The van der Waals surface area contributed by atoms with Crippen LogP contribution in [0.5, 0.6) is 0 Å². The molecular weight excluding hydrogens is 184 g/mol. The van der Waals surface area contributed by atoms with Crippen molar-refractivity contribution in [2.24, 2.45) is 0 Å². The normalized spacial score (nSPS) is 26.1. The molecule has 1 nitrogen and oxygen atoms in total. The molecule has 1 aromatic carbocycles. The minimum absolute atomic E-state index is 0.414. The molecule has 0 spiro atoms. The van der Waals surface area contributed by atoms with E-state index in [0.29, 0.717) is 12.2 Å². The standard InChI is InChI=1S/C11H13ClO/c1-7-9(4-3-5-10(7)12)6-11-8(2)13-11/h3-5,8,11H,6H2,1-2H3. The summed E-state index contributed by atoms with van der Waals surface area (Å²) in [5, 5.41) is 0.853. The van der Waals surface area contributed by atoms with E-state index in [0.717, 1.165) is 11.4 Å². The van der Waals surface area contributed by atoms with Crippen LogP contribution in [-0.2, 0) is 11.2 Å². The van der Waals surface area contributed by atoms with Crippen molar-refractivity contribution < 1.29 is 4.74 Å². The van der Waals surface area contributed by atoms with Crippen molar-refractivity contribution >= 4 is 11.6 Å². The quantitative estimate of drug-likeness (QED) is 0.663. The molecule has 2 heteroatoms. The number of halogens is 1. The van der Waals surface area contributed by atoms with Crippen molar-refractivity contribution in [3.63, 3.8) is 0 Å². The Bertz CT molecular complexity index is 322. The second kappa shape index (κ2) is 3.32. The maximum Gasteiger partial charge on any atom is 0.0879 e. The molecule has 70 valence electrons. The monoisotopic (exact) mass is 196 g/mol. The molecule has 1 fully saturated rings. The first-order valence-corrected chi connectivity index (χ1v) is 4.95. The highest BCUT2D eigenvalue weighted by molar-refractivity contribution is 6.31. The number of hydrogen-bond acceptors (Lipinski definition) is 1. The van der Waals surface area contributed by atoms with Gasteiger partial charge in [0.15, 0.2) is 0 Å². The fraction of sp³-hybridized carbons (Fsp3) is 0.455. The molecule has 13 heavy (non-hydrogen) atoms. The average molecular weight is 197 g/mol. The van der Waals surface area contributed by atoms with Crippen molar-refractivity contribution in [2.75, 3.05) is 0 Å². The minimum atomic E-state index is 0.414. The van der Waals surface area contributed by atoms with Crippen molar-refractivity contribution in [3.05, 3.63) is 34.3 Å². The average Bonchev–Trinajstić information content (AvgIpc) is 2.77. The lowest BCUT2D eigenvalue weighted by atomic mass is 10.0. The Labute approximate surface area is 83.7 Å². The molecule has 2 unspecified atom stereocenters. The van der Waals surface area contributed by atoms with Gasteiger partial charge in [-0.05, 0) is 31.0 Å². The lowest BCUT2D eigenvalue weighted by Crippen LogP contribution is -1.98. The van der Waals surface area contributed by atoms with Crippen LogP contribution in [0.3, 0.4) is 0 Å². The molecular formula is C11H13ClO. The zero-order valence-electron chi connectivity index (χ0n) is 7.88. The van der Waals surface area contributed by atoms with Gasteiger partial charge in [-0.15, -0.1) is 0 Å². The van der Waals surface area contributed by atoms with Crippen LogP contribution in [0, 0.1) is 6.92 Å². The molecule has 1 heterocycles. The molecule has 2 rings (SSSR count). The molecule has 1 aliphatic heterocycles. The largest absolute Gasteiger partial charge is 0.370 e. The molecule has 2 atom stereocenters. The van der Waals surface area contributed by atoms with Crippen molar-refractivity contribution in [3.8, 4) is 0 Å². The van der Waals surface area contributed by atoms with Gasteiger partial charge in [0.1, 0.15) is 0 Å². The van der Waals surface area contributed by atoms with Crippen LogP contribution in [0.25, 0.3) is 0 Å². The Morgan fingerprint density at radius 1 is 1.46 bits per heavy atom. The fourth-order valence-electron chi connectivity index (χ4n) is 1.53. The van der Waals surface area contributed by atoms with Gasteiger partial charge < -0.3 is 4.74 Å². The predicted octanol–water partition coefficient (Wildman–Crippen LogP) is 2.98. The van der Waals surface area contributed by atoms with E-state index in [1.807, 2.05) is 12.1 Å². The molecule has 0 saturated carbocycles. The van der Waals surface area contributed by atoms with Crippen LogP contribution in [-0.4, -0.2) is 12.2 Å². The topological polar surface area (TPSA) is 12.5 Å². The number of epoxide rings is 1. The summed E-state index contributed by atoms with van der Waals surface area (Å²) < 4.78 is 5.37. The Balaban J connectivity index is 2.15. The highest BCUT2D eigenvalue weighted by Gasteiger charge is 2.34. The van der Waals surface area contributed by atoms with E-state index < -0.39 is 0 Å². The molecule has 0 aromatic heterocycles. The summed E-state index contributed by atoms with van der Waals surface area (Å²) in [6.45, 7) is 4.16. The van der Waals surface area contributed by atoms with Gasteiger partial charge in [-0.1, -0.05) is 23.7 Å². The lowest BCUT2D eigenvalue weighted by molar-refractivity contribution is 0.378. The zero-order valence-corrected chi connectivity index (χ0v) is 8.64. The summed E-state index contributed by atoms with van der Waals surface area (Å²) in [7, 11) is 0. The van der Waals surface area contributed by atoms with Gasteiger partial charge in [-0.25, -0.2) is 0 Å². The number of hydrogen-bond donors (Lipinski definition) is 0. The second-order valence-corrected chi connectivity index (χ2v) is 4.01. The van der Waals surface area contributed by atoms with Gasteiger partial charge in [0.25, 0.3) is 0 Å². The van der Waals surface area contributed by atoms with Gasteiger partial charge in [-0.3, -0.25) is 0 Å². The highest BCUT2D eigenvalue weighted by atomic mass is 35.5. The molecule has 0 N–H and O–H groups in total. The van der Waals surface area contributed by atoms with E-state index in [2.05, 4.69) is 19.9 Å². The third-order valence-electron chi connectivity index (χ3n) is 2.64. The molecule has 0 aliphatic carbocycles. The first-order valence-electron chi connectivity index (χ1n) is 4.58. The lowest BCUT2D eigenvalue weighted by Gasteiger charge is -2.04. The Kier molecular flexibility index (Phi) is 2.31. The SMILES string of the molecule is Cc1c(Cl)cccc1CC1OC1C. The third kappa shape index (κ3) is 1.87. The smallest absolute Gasteiger partial charge is 0.0879 e. The molecule has 0 bridgehead atoms. The van der Waals surface area contributed by atoms with Crippen molar-refractivity contribution in [1.82, 2.24) is 0 Å². The number of ether oxygens (including phenoxy) is 1. The summed E-state index contributed by atoms with van der Waals surface area (Å²) in [6.07, 6.45) is 1.84. The van der Waals surface area contributed by atoms with Gasteiger partial charge >= 0.3 is 0 Å². The molecule has 1 saturated heterocycles. The molecule has 1 aliphatic rings. The van der Waals surface area contributed by atoms with E-state index >= 15 is 0 Å². The van der Waals surface area contributed by atoms with E-state index in [4.69, 9.17) is 16.3 Å². The Hall–Kier alpha value is -0.530. The van der Waals surface area contributed by atoms with E-state index in [1.165, 1.54) is 11.1 Å². The molecule has 1 aromatic rings. The van der Waals surface area contributed by atoms with Gasteiger partial charge in [0, 0.05) is 11.4 Å². The van der Waals surface area contributed by atoms with Crippen LogP contribution in [0.2, 0.25) is 5.02 Å². The Morgan fingerprint density at radius 2 is 2.15 bits per heavy atom. The van der Waals surface area contributed by atoms with Crippen LogP contribution < -0.4 is 0 Å². The summed E-state index contributed by atoms with van der Waals surface area (Å²) >= 11 is 6.01. The van der Waals surface area contributed by atoms with Crippen molar-refractivity contribution in [2.45, 2.75) is 32.5 Å². The number of benzene rings is 1. The fourth-order valence-corrected chi connectivity index (χ4v) is 1.73. The van der Waals surface area contributed by atoms with Crippen LogP contribution in [0.4, 0.5) is 0 Å². The highest BCUT2D eigenvalue weighted by Crippen LogP contribution is 2.28. The van der Waals surface area contributed by atoms with Gasteiger partial charge in [0.05, 0.1) is 12.2 Å². The van der Waals surface area contributed by atoms with Crippen LogP contribution >= 0.6 is 11.6 Å². The number of rotatable bonds is 2. The van der Waals surface area contributed by atoms with Crippen LogP contribution in [0.1, 0.15) is 18.1 Å². The van der Waals surface area contributed by atoms with Crippen molar-refractivity contribution in [1.29, 1.82) is 0 Å². The maximum absolute atomic E-state index is 6.01. The first kappa shape index (κ1) is 9.04.